The number of pyridine rings is 1. The number of nitrogens with one attached hydrogen (secondary N) is 1. The molecular weight excluding hydrogens is 406 g/mol. The van der Waals surface area contributed by atoms with Crippen LogP contribution in [0.15, 0.2) is 65.6 Å². The van der Waals surface area contributed by atoms with Crippen LogP contribution in [0.25, 0.3) is 0 Å². The summed E-state index contributed by atoms with van der Waals surface area (Å²) in [5.41, 5.74) is 2.62. The van der Waals surface area contributed by atoms with Gasteiger partial charge in [0.15, 0.2) is 0 Å². The molecule has 1 aliphatic heterocycles. The van der Waals surface area contributed by atoms with Gasteiger partial charge in [-0.1, -0.05) is 12.1 Å². The van der Waals surface area contributed by atoms with Crippen LogP contribution < -0.4 is 19.7 Å². The van der Waals surface area contributed by atoms with E-state index in [1.54, 1.807) is 12.3 Å². The summed E-state index contributed by atoms with van der Waals surface area (Å²) in [6.45, 7) is 7.67. The van der Waals surface area contributed by atoms with E-state index in [0.29, 0.717) is 11.4 Å². The van der Waals surface area contributed by atoms with Gasteiger partial charge < -0.3 is 24.1 Å². The molecule has 0 bridgehead atoms. The van der Waals surface area contributed by atoms with Gasteiger partial charge in [0, 0.05) is 30.9 Å². The monoisotopic (exact) mass is 435 g/mol. The van der Waals surface area contributed by atoms with Crippen LogP contribution in [0.1, 0.15) is 49.2 Å². The average molecular weight is 436 g/mol. The summed E-state index contributed by atoms with van der Waals surface area (Å²) in [7, 11) is 0. The van der Waals surface area contributed by atoms with E-state index in [2.05, 4.69) is 15.2 Å². The third-order valence-electron chi connectivity index (χ3n) is 5.40. The first-order chi connectivity index (χ1) is 15.5. The van der Waals surface area contributed by atoms with Crippen molar-refractivity contribution in [3.05, 3.63) is 72.3 Å². The molecule has 1 aliphatic rings. The van der Waals surface area contributed by atoms with E-state index in [9.17, 15) is 4.79 Å². The molecule has 2 aromatic heterocycles. The first-order valence-corrected chi connectivity index (χ1v) is 11.0. The molecule has 7 heteroatoms. The number of carbonyl (C=O) groups excluding carboxylic acids is 1. The second-order valence-electron chi connectivity index (χ2n) is 8.27. The van der Waals surface area contributed by atoms with Crippen LogP contribution in [0.2, 0.25) is 0 Å². The van der Waals surface area contributed by atoms with E-state index in [0.717, 1.165) is 36.5 Å². The maximum Gasteiger partial charge on any atom is 0.255 e. The fraction of sp³-hybridized carbons (Fsp3) is 0.360. The highest BCUT2D eigenvalue weighted by Crippen LogP contribution is 2.26. The third kappa shape index (κ3) is 5.41. The Kier molecular flexibility index (Phi) is 6.63. The Balaban J connectivity index is 1.31. The van der Waals surface area contributed by atoms with E-state index in [-0.39, 0.29) is 24.2 Å². The number of amides is 1. The average Bonchev–Trinajstić information content (AvgIpc) is 3.46. The molecule has 0 radical (unpaired) electrons. The minimum atomic E-state index is -0.157. The minimum absolute atomic E-state index is 0.0945. The molecule has 2 atom stereocenters. The standard InChI is InChI=1S/C25H29N3O4/c1-17(2)31-24-14-21(8-11-26-24)28-12-9-23(15-28)32-22-6-4-19(5-7-22)18(3)27-25(29)20-10-13-30-16-20/h4-8,10-11,13-14,16-18,23H,9,12,15H2,1-3H3,(H,27,29)/t18-,23?/m0/s1. The number of ether oxygens (including phenoxy) is 2. The zero-order valence-corrected chi connectivity index (χ0v) is 18.7. The van der Waals surface area contributed by atoms with E-state index in [1.807, 2.05) is 57.2 Å². The van der Waals surface area contributed by atoms with Crippen molar-refractivity contribution in [1.82, 2.24) is 10.3 Å². The summed E-state index contributed by atoms with van der Waals surface area (Å²) in [4.78, 5) is 18.8. The number of carbonyl (C=O) groups is 1. The predicted molar refractivity (Wildman–Crippen MR) is 122 cm³/mol. The molecule has 1 saturated heterocycles. The topological polar surface area (TPSA) is 76.8 Å². The summed E-state index contributed by atoms with van der Waals surface area (Å²) in [6.07, 6.45) is 5.86. The number of rotatable bonds is 8. The second-order valence-corrected chi connectivity index (χ2v) is 8.27. The van der Waals surface area contributed by atoms with Crippen molar-refractivity contribution in [2.45, 2.75) is 45.4 Å². The van der Waals surface area contributed by atoms with Crippen LogP contribution >= 0.6 is 0 Å². The Morgan fingerprint density at radius 3 is 2.72 bits per heavy atom. The lowest BCUT2D eigenvalue weighted by atomic mass is 10.1. The zero-order chi connectivity index (χ0) is 22.5. The van der Waals surface area contributed by atoms with Gasteiger partial charge in [-0.05, 0) is 50.6 Å². The second kappa shape index (κ2) is 9.77. The first kappa shape index (κ1) is 21.7. The van der Waals surface area contributed by atoms with Gasteiger partial charge in [-0.2, -0.15) is 0 Å². The predicted octanol–water partition coefficient (Wildman–Crippen LogP) is 4.61. The van der Waals surface area contributed by atoms with Crippen molar-refractivity contribution in [1.29, 1.82) is 0 Å². The number of aromatic nitrogens is 1. The van der Waals surface area contributed by atoms with Crippen molar-refractivity contribution in [3.63, 3.8) is 0 Å². The van der Waals surface area contributed by atoms with Gasteiger partial charge in [-0.15, -0.1) is 0 Å². The maximum atomic E-state index is 12.2. The number of furan rings is 1. The Hall–Kier alpha value is -3.48. The lowest BCUT2D eigenvalue weighted by Crippen LogP contribution is -2.26. The summed E-state index contributed by atoms with van der Waals surface area (Å²) in [6, 6.07) is 13.4. The molecule has 0 spiro atoms. The normalized spacial score (nSPS) is 16.8. The largest absolute Gasteiger partial charge is 0.489 e. The molecule has 1 N–H and O–H groups in total. The van der Waals surface area contributed by atoms with Crippen molar-refractivity contribution in [2.24, 2.45) is 0 Å². The van der Waals surface area contributed by atoms with Crippen LogP contribution in [0, 0.1) is 0 Å². The maximum absolute atomic E-state index is 12.2. The molecule has 32 heavy (non-hydrogen) atoms. The van der Waals surface area contributed by atoms with E-state index in [4.69, 9.17) is 13.9 Å². The summed E-state index contributed by atoms with van der Waals surface area (Å²) < 4.78 is 16.9. The van der Waals surface area contributed by atoms with Gasteiger partial charge >= 0.3 is 0 Å². The highest BCUT2D eigenvalue weighted by atomic mass is 16.5. The number of hydrogen-bond donors (Lipinski definition) is 1. The molecule has 1 amide bonds. The molecule has 1 aromatic carbocycles. The van der Waals surface area contributed by atoms with Crippen LogP contribution in [-0.4, -0.2) is 36.2 Å². The number of benzene rings is 1. The van der Waals surface area contributed by atoms with E-state index in [1.165, 1.54) is 12.5 Å². The highest BCUT2D eigenvalue weighted by Gasteiger charge is 2.25. The summed E-state index contributed by atoms with van der Waals surface area (Å²) in [5, 5.41) is 2.97. The van der Waals surface area contributed by atoms with Gasteiger partial charge in [0.05, 0.1) is 30.5 Å². The van der Waals surface area contributed by atoms with Gasteiger partial charge in [-0.25, -0.2) is 4.98 Å². The molecule has 168 valence electrons. The number of nitrogens with zero attached hydrogens (tertiary/aromatic N) is 2. The van der Waals surface area contributed by atoms with Crippen molar-refractivity contribution >= 4 is 11.6 Å². The highest BCUT2D eigenvalue weighted by molar-refractivity contribution is 5.94. The Labute approximate surface area is 188 Å². The lowest BCUT2D eigenvalue weighted by molar-refractivity contribution is 0.0939. The minimum Gasteiger partial charge on any atom is -0.489 e. The van der Waals surface area contributed by atoms with Gasteiger partial charge in [0.1, 0.15) is 18.1 Å². The van der Waals surface area contributed by atoms with Crippen LogP contribution in [0.4, 0.5) is 5.69 Å². The summed E-state index contributed by atoms with van der Waals surface area (Å²) >= 11 is 0. The van der Waals surface area contributed by atoms with E-state index >= 15 is 0 Å². The van der Waals surface area contributed by atoms with Crippen molar-refractivity contribution < 1.29 is 18.7 Å². The third-order valence-corrected chi connectivity index (χ3v) is 5.40. The SMILES string of the molecule is CC(C)Oc1cc(N2CCC(Oc3ccc([C@H](C)NC(=O)c4ccoc4)cc3)C2)ccn1. The van der Waals surface area contributed by atoms with Gasteiger partial charge in [0.2, 0.25) is 5.88 Å². The molecular formula is C25H29N3O4. The smallest absolute Gasteiger partial charge is 0.255 e. The van der Waals surface area contributed by atoms with E-state index < -0.39 is 0 Å². The van der Waals surface area contributed by atoms with Crippen molar-refractivity contribution in [2.75, 3.05) is 18.0 Å². The summed E-state index contributed by atoms with van der Waals surface area (Å²) in [5.74, 6) is 1.31. The van der Waals surface area contributed by atoms with Gasteiger partial charge in [0.25, 0.3) is 5.91 Å². The molecule has 3 aromatic rings. The van der Waals surface area contributed by atoms with Gasteiger partial charge in [-0.3, -0.25) is 4.79 Å². The van der Waals surface area contributed by atoms with Crippen molar-refractivity contribution in [3.8, 4) is 11.6 Å². The fourth-order valence-electron chi connectivity index (χ4n) is 3.75. The molecule has 3 heterocycles. The lowest BCUT2D eigenvalue weighted by Gasteiger charge is -2.20. The van der Waals surface area contributed by atoms with Crippen LogP contribution in [-0.2, 0) is 0 Å². The molecule has 0 aliphatic carbocycles. The zero-order valence-electron chi connectivity index (χ0n) is 18.7. The molecule has 0 saturated carbocycles. The molecule has 1 unspecified atom stereocenters. The number of anilines is 1. The Morgan fingerprint density at radius 2 is 2.00 bits per heavy atom. The molecule has 4 rings (SSSR count). The first-order valence-electron chi connectivity index (χ1n) is 11.0. The van der Waals surface area contributed by atoms with Crippen LogP contribution in [0.3, 0.4) is 0 Å². The van der Waals surface area contributed by atoms with Crippen LogP contribution in [0.5, 0.6) is 11.6 Å². The number of hydrogen-bond acceptors (Lipinski definition) is 6. The molecule has 1 fully saturated rings. The quantitative estimate of drug-likeness (QED) is 0.557. The Morgan fingerprint density at radius 1 is 1.19 bits per heavy atom. The molecule has 7 nitrogen and oxygen atoms in total. The fourth-order valence-corrected chi connectivity index (χ4v) is 3.75. The Bertz CT molecular complexity index is 1020.